The zero-order valence-corrected chi connectivity index (χ0v) is 19.9. The van der Waals surface area contributed by atoms with Gasteiger partial charge in [-0.05, 0) is 60.9 Å². The lowest BCUT2D eigenvalue weighted by Crippen LogP contribution is -2.51. The van der Waals surface area contributed by atoms with Crippen LogP contribution in [0.1, 0.15) is 33.6 Å². The second-order valence-electron chi connectivity index (χ2n) is 9.89. The average Bonchev–Trinajstić information content (AvgIpc) is 2.77. The second-order valence-corrected chi connectivity index (χ2v) is 11.8. The molecule has 1 aliphatic heterocycles. The molecule has 2 atom stereocenters. The molecule has 1 saturated heterocycles. The summed E-state index contributed by atoms with van der Waals surface area (Å²) in [5, 5.41) is 0. The molecule has 0 spiro atoms. The molecule has 3 aliphatic carbocycles. The Kier molecular flexibility index (Phi) is 6.59. The van der Waals surface area contributed by atoms with Gasteiger partial charge in [-0.15, -0.1) is 0 Å². The van der Waals surface area contributed by atoms with Gasteiger partial charge in [-0.25, -0.2) is 12.8 Å². The van der Waals surface area contributed by atoms with Crippen molar-refractivity contribution in [3.8, 4) is 0 Å². The fourth-order valence-corrected chi connectivity index (χ4v) is 6.92. The quantitative estimate of drug-likeness (QED) is 0.570. The maximum absolute atomic E-state index is 13.1. The third-order valence-electron chi connectivity index (χ3n) is 7.95. The number of halogens is 1. The van der Waals surface area contributed by atoms with E-state index in [0.29, 0.717) is 18.5 Å². The zero-order chi connectivity index (χ0) is 22.2. The first-order chi connectivity index (χ1) is 14.7. The van der Waals surface area contributed by atoms with Crippen molar-refractivity contribution in [3.63, 3.8) is 0 Å². The summed E-state index contributed by atoms with van der Waals surface area (Å²) in [5.74, 6) is 1.20. The summed E-state index contributed by atoms with van der Waals surface area (Å²) in [6.07, 6.45) is 5.09. The Morgan fingerprint density at radius 2 is 1.81 bits per heavy atom. The maximum atomic E-state index is 13.1. The molecule has 7 heteroatoms. The zero-order valence-electron chi connectivity index (χ0n) is 19.1. The van der Waals surface area contributed by atoms with Crippen molar-refractivity contribution in [2.75, 3.05) is 52.4 Å². The molecule has 172 valence electrons. The van der Waals surface area contributed by atoms with Crippen LogP contribution in [0.4, 0.5) is 4.39 Å². The second kappa shape index (κ2) is 8.93. The lowest BCUT2D eigenvalue weighted by Gasteiger charge is -2.57. The summed E-state index contributed by atoms with van der Waals surface area (Å²) in [5.41, 5.74) is 2.10. The molecule has 2 fully saturated rings. The van der Waals surface area contributed by atoms with Crippen LogP contribution in [0.2, 0.25) is 0 Å². The van der Waals surface area contributed by atoms with Gasteiger partial charge in [0.15, 0.2) is 0 Å². The molecule has 5 rings (SSSR count). The highest BCUT2D eigenvalue weighted by Gasteiger charge is 2.51. The van der Waals surface area contributed by atoms with Gasteiger partial charge in [-0.1, -0.05) is 32.4 Å². The number of benzene rings is 1. The van der Waals surface area contributed by atoms with Gasteiger partial charge in [0.2, 0.25) is 10.0 Å². The minimum atomic E-state index is -3.55. The number of hydrogen-bond acceptors (Lipinski definition) is 4. The number of piperazine rings is 1. The normalized spacial score (nSPS) is 26.5. The van der Waals surface area contributed by atoms with Crippen molar-refractivity contribution in [2.24, 2.45) is 17.3 Å². The number of allylic oxidation sites excluding steroid dienone is 1. The minimum Gasteiger partial charge on any atom is -0.299 e. The van der Waals surface area contributed by atoms with Crippen molar-refractivity contribution >= 4 is 10.0 Å². The van der Waals surface area contributed by atoms with Crippen LogP contribution >= 0.6 is 0 Å². The van der Waals surface area contributed by atoms with E-state index in [4.69, 9.17) is 0 Å². The molecule has 1 heterocycles. The van der Waals surface area contributed by atoms with Gasteiger partial charge in [-0.3, -0.25) is 9.80 Å². The molecule has 2 unspecified atom stereocenters. The lowest BCUT2D eigenvalue weighted by molar-refractivity contribution is -0.0107. The van der Waals surface area contributed by atoms with Crippen molar-refractivity contribution in [1.82, 2.24) is 14.1 Å². The number of rotatable bonds is 8. The average molecular weight is 450 g/mol. The predicted octanol–water partition coefficient (Wildman–Crippen LogP) is 3.45. The van der Waals surface area contributed by atoms with E-state index >= 15 is 0 Å². The summed E-state index contributed by atoms with van der Waals surface area (Å²) in [6, 6.07) is 5.10. The van der Waals surface area contributed by atoms with Crippen LogP contribution in [0.3, 0.4) is 0 Å². The van der Waals surface area contributed by atoms with Crippen molar-refractivity contribution < 1.29 is 12.8 Å². The Hall–Kier alpha value is -1.28. The smallest absolute Gasteiger partial charge is 0.243 e. The first kappa shape index (κ1) is 22.9. The van der Waals surface area contributed by atoms with Gasteiger partial charge in [0, 0.05) is 45.8 Å². The number of fused-ring (bicyclic) bond motifs is 1. The fourth-order valence-electron chi connectivity index (χ4n) is 5.49. The monoisotopic (exact) mass is 449 g/mol. The molecule has 2 bridgehead atoms. The van der Waals surface area contributed by atoms with Gasteiger partial charge in [-0.2, -0.15) is 4.31 Å². The van der Waals surface area contributed by atoms with Crippen LogP contribution in [0.25, 0.3) is 0 Å². The van der Waals surface area contributed by atoms with E-state index in [1.54, 1.807) is 5.57 Å². The molecular formula is C24H36FN3O2S. The van der Waals surface area contributed by atoms with Crippen molar-refractivity contribution in [2.45, 2.75) is 38.5 Å². The van der Waals surface area contributed by atoms with Crippen molar-refractivity contribution in [1.29, 1.82) is 0 Å². The van der Waals surface area contributed by atoms with E-state index in [-0.39, 0.29) is 4.90 Å². The van der Waals surface area contributed by atoms with Crippen LogP contribution in [0.15, 0.2) is 40.8 Å². The summed E-state index contributed by atoms with van der Waals surface area (Å²) in [7, 11) is -3.55. The van der Waals surface area contributed by atoms with Gasteiger partial charge >= 0.3 is 0 Å². The summed E-state index contributed by atoms with van der Waals surface area (Å²) >= 11 is 0. The standard InChI is InChI=1S/C24H36FN3O2S/c1-4-26(18-19-5-6-20-17-23(19)24(20,2)3)11-12-27-13-15-28(16-14-27)31(29,30)22-9-7-21(25)8-10-22/h5,7-10,20,23H,4,6,11-18H2,1-3H3. The SMILES string of the molecule is CCN(CCN1CCN(S(=O)(=O)c2ccc(F)cc2)CC1)CC1=CCC2CC1C2(C)C. The van der Waals surface area contributed by atoms with E-state index < -0.39 is 15.8 Å². The van der Waals surface area contributed by atoms with E-state index in [0.717, 1.165) is 51.1 Å². The molecule has 4 aliphatic rings. The summed E-state index contributed by atoms with van der Waals surface area (Å²) in [4.78, 5) is 5.06. The molecule has 0 aromatic heterocycles. The Morgan fingerprint density at radius 1 is 1.13 bits per heavy atom. The fraction of sp³-hybridized carbons (Fsp3) is 0.667. The molecule has 1 aromatic carbocycles. The molecule has 1 aromatic rings. The number of sulfonamides is 1. The van der Waals surface area contributed by atoms with E-state index in [1.807, 2.05) is 0 Å². The predicted molar refractivity (Wildman–Crippen MR) is 122 cm³/mol. The highest BCUT2D eigenvalue weighted by Crippen LogP contribution is 2.59. The van der Waals surface area contributed by atoms with Crippen LogP contribution in [0.5, 0.6) is 0 Å². The van der Waals surface area contributed by atoms with Gasteiger partial charge in [0.1, 0.15) is 5.82 Å². The Labute approximate surface area is 186 Å². The largest absolute Gasteiger partial charge is 0.299 e. The van der Waals surface area contributed by atoms with E-state index in [9.17, 15) is 12.8 Å². The minimum absolute atomic E-state index is 0.168. The molecule has 31 heavy (non-hydrogen) atoms. The molecule has 1 saturated carbocycles. The molecular weight excluding hydrogens is 413 g/mol. The van der Waals surface area contributed by atoms with Gasteiger partial charge in [0.05, 0.1) is 4.90 Å². The molecule has 5 nitrogen and oxygen atoms in total. The van der Waals surface area contributed by atoms with Crippen LogP contribution in [-0.2, 0) is 10.0 Å². The third kappa shape index (κ3) is 4.61. The maximum Gasteiger partial charge on any atom is 0.243 e. The Morgan fingerprint density at radius 3 is 2.39 bits per heavy atom. The third-order valence-corrected chi connectivity index (χ3v) is 9.86. The summed E-state index contributed by atoms with van der Waals surface area (Å²) < 4.78 is 40.3. The first-order valence-corrected chi connectivity index (χ1v) is 13.0. The molecule has 0 amide bonds. The summed E-state index contributed by atoms with van der Waals surface area (Å²) in [6.45, 7) is 13.6. The van der Waals surface area contributed by atoms with Crippen LogP contribution < -0.4 is 0 Å². The van der Waals surface area contributed by atoms with Crippen molar-refractivity contribution in [3.05, 3.63) is 41.7 Å². The van der Waals surface area contributed by atoms with Gasteiger partial charge < -0.3 is 0 Å². The van der Waals surface area contributed by atoms with Crippen LogP contribution in [-0.4, -0.2) is 74.9 Å². The highest BCUT2D eigenvalue weighted by molar-refractivity contribution is 7.89. The Balaban J connectivity index is 1.26. The topological polar surface area (TPSA) is 43.9 Å². The number of hydrogen-bond donors (Lipinski definition) is 0. The first-order valence-electron chi connectivity index (χ1n) is 11.6. The van der Waals surface area contributed by atoms with Crippen LogP contribution in [0, 0.1) is 23.1 Å². The van der Waals surface area contributed by atoms with E-state index in [1.165, 1.54) is 41.4 Å². The molecule has 0 N–H and O–H groups in total. The number of nitrogens with zero attached hydrogens (tertiary/aromatic N) is 3. The highest BCUT2D eigenvalue weighted by atomic mass is 32.2. The number of likely N-dealkylation sites (N-methyl/N-ethyl adjacent to an activating group) is 1. The Bertz CT molecular complexity index is 905. The van der Waals surface area contributed by atoms with E-state index in [2.05, 4.69) is 36.6 Å². The van der Waals surface area contributed by atoms with Gasteiger partial charge in [0.25, 0.3) is 0 Å². The molecule has 0 radical (unpaired) electrons. The lowest BCUT2D eigenvalue weighted by atomic mass is 9.49.